The molecule has 128 valence electrons. The smallest absolute Gasteiger partial charge is 0.335 e. The Balaban J connectivity index is 1.47. The number of aromatic carboxylic acids is 1. The van der Waals surface area contributed by atoms with E-state index in [1.165, 1.54) is 56.7 Å². The standard InChI is InChI=1S/C19H22ClNO3/c20-16-2-1-14(18(23)24)6-15(16)17(22)21-10-19-7-11-3-12(8-19)5-13(4-11)9-19/h1-2,6,11-13H,3-5,7-10H2,(H,21,22)(H,23,24). The van der Waals surface area contributed by atoms with Gasteiger partial charge in [0, 0.05) is 6.54 Å². The Morgan fingerprint density at radius 3 is 2.25 bits per heavy atom. The van der Waals surface area contributed by atoms with Gasteiger partial charge in [0.15, 0.2) is 0 Å². The first-order valence-corrected chi connectivity index (χ1v) is 9.13. The van der Waals surface area contributed by atoms with Gasteiger partial charge in [-0.05, 0) is 79.9 Å². The summed E-state index contributed by atoms with van der Waals surface area (Å²) < 4.78 is 0. The van der Waals surface area contributed by atoms with Gasteiger partial charge in [0.2, 0.25) is 0 Å². The van der Waals surface area contributed by atoms with E-state index in [-0.39, 0.29) is 22.4 Å². The van der Waals surface area contributed by atoms with Crippen molar-refractivity contribution in [3.63, 3.8) is 0 Å². The fraction of sp³-hybridized carbons (Fsp3) is 0.579. The minimum atomic E-state index is -1.05. The topological polar surface area (TPSA) is 66.4 Å². The highest BCUT2D eigenvalue weighted by Gasteiger charge is 2.50. The third kappa shape index (κ3) is 2.81. The summed E-state index contributed by atoms with van der Waals surface area (Å²) in [5.74, 6) is 1.20. The minimum Gasteiger partial charge on any atom is -0.478 e. The molecule has 1 aromatic rings. The Morgan fingerprint density at radius 1 is 1.12 bits per heavy atom. The maximum Gasteiger partial charge on any atom is 0.335 e. The molecule has 0 unspecified atom stereocenters. The zero-order chi connectivity index (χ0) is 16.9. The van der Waals surface area contributed by atoms with Gasteiger partial charge in [-0.15, -0.1) is 0 Å². The molecule has 1 aromatic carbocycles. The SMILES string of the molecule is O=C(O)c1ccc(Cl)c(C(=O)NCC23CC4CC(CC(C4)C2)C3)c1. The van der Waals surface area contributed by atoms with Gasteiger partial charge < -0.3 is 10.4 Å². The largest absolute Gasteiger partial charge is 0.478 e. The third-order valence-electron chi connectivity index (χ3n) is 6.25. The third-order valence-corrected chi connectivity index (χ3v) is 6.58. The molecule has 4 fully saturated rings. The predicted molar refractivity (Wildman–Crippen MR) is 91.3 cm³/mol. The molecular formula is C19H22ClNO3. The van der Waals surface area contributed by atoms with E-state index in [0.29, 0.717) is 11.6 Å². The lowest BCUT2D eigenvalue weighted by Gasteiger charge is -2.56. The van der Waals surface area contributed by atoms with E-state index in [0.717, 1.165) is 17.8 Å². The fourth-order valence-corrected chi connectivity index (χ4v) is 5.91. The number of benzene rings is 1. The highest BCUT2D eigenvalue weighted by atomic mass is 35.5. The molecule has 4 nitrogen and oxygen atoms in total. The molecule has 24 heavy (non-hydrogen) atoms. The quantitative estimate of drug-likeness (QED) is 0.865. The lowest BCUT2D eigenvalue weighted by molar-refractivity contribution is -0.0503. The van der Waals surface area contributed by atoms with Crippen LogP contribution in [0, 0.1) is 23.2 Å². The van der Waals surface area contributed by atoms with Crippen molar-refractivity contribution in [3.05, 3.63) is 34.3 Å². The molecule has 0 spiro atoms. The van der Waals surface area contributed by atoms with Crippen molar-refractivity contribution >= 4 is 23.5 Å². The van der Waals surface area contributed by atoms with Crippen molar-refractivity contribution in [2.24, 2.45) is 23.2 Å². The number of halogens is 1. The molecule has 0 atom stereocenters. The normalized spacial score (nSPS) is 33.5. The molecule has 5 heteroatoms. The number of rotatable bonds is 4. The zero-order valence-corrected chi connectivity index (χ0v) is 14.3. The van der Waals surface area contributed by atoms with Crippen LogP contribution in [0.15, 0.2) is 18.2 Å². The van der Waals surface area contributed by atoms with Crippen molar-refractivity contribution in [1.82, 2.24) is 5.32 Å². The summed E-state index contributed by atoms with van der Waals surface area (Å²) in [6.45, 7) is 0.683. The highest BCUT2D eigenvalue weighted by molar-refractivity contribution is 6.34. The molecule has 0 radical (unpaired) electrons. The second-order valence-electron chi connectivity index (χ2n) is 8.10. The average Bonchev–Trinajstić information content (AvgIpc) is 2.51. The van der Waals surface area contributed by atoms with E-state index in [4.69, 9.17) is 16.7 Å². The maximum atomic E-state index is 12.5. The van der Waals surface area contributed by atoms with Crippen molar-refractivity contribution in [3.8, 4) is 0 Å². The molecule has 2 N–H and O–H groups in total. The van der Waals surface area contributed by atoms with Crippen LogP contribution in [0.2, 0.25) is 5.02 Å². The van der Waals surface area contributed by atoms with Crippen molar-refractivity contribution < 1.29 is 14.7 Å². The highest BCUT2D eigenvalue weighted by Crippen LogP contribution is 2.59. The summed E-state index contributed by atoms with van der Waals surface area (Å²) in [5, 5.41) is 12.4. The number of carbonyl (C=O) groups excluding carboxylic acids is 1. The minimum absolute atomic E-state index is 0.0827. The molecule has 5 rings (SSSR count). The molecule has 4 saturated carbocycles. The summed E-state index contributed by atoms with van der Waals surface area (Å²) in [6, 6.07) is 4.25. The Hall–Kier alpha value is -1.55. The van der Waals surface area contributed by atoms with Crippen LogP contribution in [0.4, 0.5) is 0 Å². The Bertz CT molecular complexity index is 665. The van der Waals surface area contributed by atoms with Crippen molar-refractivity contribution in [1.29, 1.82) is 0 Å². The van der Waals surface area contributed by atoms with Crippen LogP contribution in [-0.2, 0) is 0 Å². The molecular weight excluding hydrogens is 326 g/mol. The van der Waals surface area contributed by atoms with Gasteiger partial charge in [-0.25, -0.2) is 4.79 Å². The predicted octanol–water partition coefficient (Wildman–Crippen LogP) is 3.98. The summed E-state index contributed by atoms with van der Waals surface area (Å²) in [6.07, 6.45) is 7.80. The van der Waals surface area contributed by atoms with E-state index >= 15 is 0 Å². The molecule has 0 saturated heterocycles. The first-order chi connectivity index (χ1) is 11.4. The molecule has 4 aliphatic rings. The average molecular weight is 348 g/mol. The van der Waals surface area contributed by atoms with Crippen LogP contribution in [0.5, 0.6) is 0 Å². The van der Waals surface area contributed by atoms with Crippen molar-refractivity contribution in [2.45, 2.75) is 38.5 Å². The van der Waals surface area contributed by atoms with Crippen LogP contribution in [0.3, 0.4) is 0 Å². The fourth-order valence-electron chi connectivity index (χ4n) is 5.70. The molecule has 0 aliphatic heterocycles. The zero-order valence-electron chi connectivity index (χ0n) is 13.6. The van der Waals surface area contributed by atoms with Crippen LogP contribution in [-0.4, -0.2) is 23.5 Å². The van der Waals surface area contributed by atoms with Gasteiger partial charge >= 0.3 is 5.97 Å². The van der Waals surface area contributed by atoms with Crippen LogP contribution >= 0.6 is 11.6 Å². The van der Waals surface area contributed by atoms with Crippen LogP contribution < -0.4 is 5.32 Å². The van der Waals surface area contributed by atoms with E-state index in [1.54, 1.807) is 0 Å². The summed E-state index contributed by atoms with van der Waals surface area (Å²) in [4.78, 5) is 23.6. The number of amides is 1. The first kappa shape index (κ1) is 15.9. The monoisotopic (exact) mass is 347 g/mol. The van der Waals surface area contributed by atoms with Crippen molar-refractivity contribution in [2.75, 3.05) is 6.54 Å². The number of hydrogen-bond donors (Lipinski definition) is 2. The molecule has 0 aromatic heterocycles. The molecule has 4 bridgehead atoms. The van der Waals surface area contributed by atoms with Gasteiger partial charge in [-0.2, -0.15) is 0 Å². The molecule has 1 amide bonds. The van der Waals surface area contributed by atoms with Gasteiger partial charge in [0.1, 0.15) is 0 Å². The number of carboxylic acid groups (broad SMARTS) is 1. The Kier molecular flexibility index (Phi) is 3.83. The summed E-state index contributed by atoms with van der Waals surface area (Å²) >= 11 is 6.10. The number of hydrogen-bond acceptors (Lipinski definition) is 2. The van der Waals surface area contributed by atoms with Gasteiger partial charge in [0.05, 0.1) is 16.1 Å². The second kappa shape index (κ2) is 5.76. The summed E-state index contributed by atoms with van der Waals surface area (Å²) in [5.41, 5.74) is 0.585. The van der Waals surface area contributed by atoms with Crippen LogP contribution in [0.25, 0.3) is 0 Å². The number of carboxylic acids is 1. The Morgan fingerprint density at radius 2 is 1.71 bits per heavy atom. The van der Waals surface area contributed by atoms with E-state index in [1.807, 2.05) is 0 Å². The molecule has 4 aliphatic carbocycles. The van der Waals surface area contributed by atoms with Gasteiger partial charge in [-0.3, -0.25) is 4.79 Å². The first-order valence-electron chi connectivity index (χ1n) is 8.75. The number of nitrogens with one attached hydrogen (secondary N) is 1. The maximum absolute atomic E-state index is 12.5. The lowest BCUT2D eigenvalue weighted by atomic mass is 9.49. The number of carbonyl (C=O) groups is 2. The van der Waals surface area contributed by atoms with E-state index < -0.39 is 5.97 Å². The summed E-state index contributed by atoms with van der Waals surface area (Å²) in [7, 11) is 0. The van der Waals surface area contributed by atoms with E-state index in [2.05, 4.69) is 5.32 Å². The van der Waals surface area contributed by atoms with Crippen LogP contribution in [0.1, 0.15) is 59.2 Å². The Labute approximate surface area is 146 Å². The van der Waals surface area contributed by atoms with E-state index in [9.17, 15) is 9.59 Å². The van der Waals surface area contributed by atoms with Gasteiger partial charge in [-0.1, -0.05) is 11.6 Å². The second-order valence-corrected chi connectivity index (χ2v) is 8.51. The van der Waals surface area contributed by atoms with Gasteiger partial charge in [0.25, 0.3) is 5.91 Å². The molecule has 0 heterocycles. The lowest BCUT2D eigenvalue weighted by Crippen LogP contribution is -2.51.